The number of ether oxygens (including phenoxy) is 1. The van der Waals surface area contributed by atoms with Gasteiger partial charge in [-0.05, 0) is 18.2 Å². The van der Waals surface area contributed by atoms with Crippen molar-refractivity contribution < 1.29 is 19.4 Å². The quantitative estimate of drug-likeness (QED) is 0.885. The highest BCUT2D eigenvalue weighted by molar-refractivity contribution is 6.39. The highest BCUT2D eigenvalue weighted by Gasteiger charge is 2.29. The lowest BCUT2D eigenvalue weighted by molar-refractivity contribution is -0.141. The molecule has 1 fully saturated rings. The van der Waals surface area contributed by atoms with Crippen LogP contribution < -0.4 is 0 Å². The Morgan fingerprint density at radius 2 is 2.17 bits per heavy atom. The third-order valence-electron chi connectivity index (χ3n) is 3.74. The van der Waals surface area contributed by atoms with Crippen LogP contribution in [0.15, 0.2) is 18.2 Å². The molecule has 1 amide bonds. The zero-order valence-electron chi connectivity index (χ0n) is 12.0. The Balaban J connectivity index is 1.85. The van der Waals surface area contributed by atoms with Gasteiger partial charge in [-0.25, -0.2) is 0 Å². The van der Waals surface area contributed by atoms with Crippen molar-refractivity contribution >= 4 is 46.0 Å². The number of carboxylic acid groups (broad SMARTS) is 1. The number of carbonyl (C=O) groups excluding carboxylic acids is 1. The maximum absolute atomic E-state index is 12.7. The molecule has 0 spiro atoms. The van der Waals surface area contributed by atoms with Crippen LogP contribution in [0.1, 0.15) is 16.9 Å². The number of nitrogens with zero attached hydrogens (tertiary/aromatic N) is 1. The SMILES string of the molecule is O=C(O)C[C@@H]1CN(C(=O)c2[nH]c3ccc(Cl)cc3c2Cl)CCO1. The zero-order chi connectivity index (χ0) is 16.6. The molecule has 1 aliphatic rings. The highest BCUT2D eigenvalue weighted by atomic mass is 35.5. The number of amides is 1. The third kappa shape index (κ3) is 3.29. The van der Waals surface area contributed by atoms with Crippen molar-refractivity contribution in [2.24, 2.45) is 0 Å². The first-order valence-electron chi connectivity index (χ1n) is 7.05. The third-order valence-corrected chi connectivity index (χ3v) is 4.37. The molecule has 1 atom stereocenters. The molecule has 2 aromatic rings. The van der Waals surface area contributed by atoms with Gasteiger partial charge < -0.3 is 19.7 Å². The molecule has 1 aromatic carbocycles. The van der Waals surface area contributed by atoms with Crippen LogP contribution in [0.3, 0.4) is 0 Å². The lowest BCUT2D eigenvalue weighted by Crippen LogP contribution is -2.46. The van der Waals surface area contributed by atoms with E-state index in [1.165, 1.54) is 0 Å². The Morgan fingerprint density at radius 3 is 2.91 bits per heavy atom. The summed E-state index contributed by atoms with van der Waals surface area (Å²) in [4.78, 5) is 28.0. The van der Waals surface area contributed by atoms with E-state index in [1.807, 2.05) is 0 Å². The van der Waals surface area contributed by atoms with Crippen LogP contribution >= 0.6 is 23.2 Å². The fourth-order valence-electron chi connectivity index (χ4n) is 2.66. The molecule has 2 N–H and O–H groups in total. The molecule has 0 aliphatic carbocycles. The maximum Gasteiger partial charge on any atom is 0.306 e. The molecule has 2 heterocycles. The van der Waals surface area contributed by atoms with E-state index in [-0.39, 0.29) is 24.6 Å². The topological polar surface area (TPSA) is 82.6 Å². The summed E-state index contributed by atoms with van der Waals surface area (Å²) in [6.07, 6.45) is -0.650. The van der Waals surface area contributed by atoms with E-state index in [2.05, 4.69) is 4.98 Å². The number of aromatic nitrogens is 1. The first-order valence-corrected chi connectivity index (χ1v) is 7.80. The van der Waals surface area contributed by atoms with E-state index in [0.29, 0.717) is 28.6 Å². The van der Waals surface area contributed by atoms with Crippen LogP contribution in [0.4, 0.5) is 0 Å². The largest absolute Gasteiger partial charge is 0.481 e. The van der Waals surface area contributed by atoms with Crippen molar-refractivity contribution in [3.63, 3.8) is 0 Å². The molecule has 0 saturated carbocycles. The van der Waals surface area contributed by atoms with E-state index in [1.54, 1.807) is 23.1 Å². The van der Waals surface area contributed by atoms with Gasteiger partial charge in [0.15, 0.2) is 0 Å². The first kappa shape index (κ1) is 16.1. The van der Waals surface area contributed by atoms with Crippen LogP contribution in [0.2, 0.25) is 10.0 Å². The summed E-state index contributed by atoms with van der Waals surface area (Å²) in [7, 11) is 0. The molecule has 0 unspecified atom stereocenters. The highest BCUT2D eigenvalue weighted by Crippen LogP contribution is 2.30. The molecule has 1 aromatic heterocycles. The Labute approximate surface area is 141 Å². The lowest BCUT2D eigenvalue weighted by atomic mass is 10.2. The normalized spacial score (nSPS) is 18.3. The van der Waals surface area contributed by atoms with Gasteiger partial charge in [0.1, 0.15) is 5.69 Å². The molecular weight excluding hydrogens is 343 g/mol. The van der Waals surface area contributed by atoms with Gasteiger partial charge in [-0.2, -0.15) is 0 Å². The second kappa shape index (κ2) is 6.39. The summed E-state index contributed by atoms with van der Waals surface area (Å²) in [5, 5.41) is 10.4. The monoisotopic (exact) mass is 356 g/mol. The van der Waals surface area contributed by atoms with Gasteiger partial charge in [0.25, 0.3) is 5.91 Å². The van der Waals surface area contributed by atoms with Crippen molar-refractivity contribution in [3.8, 4) is 0 Å². The Kier molecular flexibility index (Phi) is 4.48. The average Bonchev–Trinajstić information content (AvgIpc) is 2.83. The van der Waals surface area contributed by atoms with E-state index in [9.17, 15) is 9.59 Å². The Hall–Kier alpha value is -1.76. The number of fused-ring (bicyclic) bond motifs is 1. The molecule has 8 heteroatoms. The second-order valence-corrected chi connectivity index (χ2v) is 6.16. The van der Waals surface area contributed by atoms with Crippen molar-refractivity contribution in [1.82, 2.24) is 9.88 Å². The number of carboxylic acids is 1. The van der Waals surface area contributed by atoms with E-state index in [4.69, 9.17) is 33.0 Å². The summed E-state index contributed by atoms with van der Waals surface area (Å²) in [6, 6.07) is 5.16. The number of aromatic amines is 1. The molecule has 1 aliphatic heterocycles. The molecule has 6 nitrogen and oxygen atoms in total. The van der Waals surface area contributed by atoms with Crippen LogP contribution in [0, 0.1) is 0 Å². The van der Waals surface area contributed by atoms with Gasteiger partial charge in [-0.15, -0.1) is 0 Å². The van der Waals surface area contributed by atoms with Gasteiger partial charge in [-0.1, -0.05) is 23.2 Å². The minimum atomic E-state index is -0.956. The summed E-state index contributed by atoms with van der Waals surface area (Å²) < 4.78 is 5.37. The number of carbonyl (C=O) groups is 2. The predicted octanol–water partition coefficient (Wildman–Crippen LogP) is 2.79. The number of nitrogens with one attached hydrogen (secondary N) is 1. The molecular formula is C15H14Cl2N2O4. The number of aliphatic carboxylic acids is 1. The molecule has 23 heavy (non-hydrogen) atoms. The van der Waals surface area contributed by atoms with Crippen molar-refractivity contribution in [3.05, 3.63) is 33.9 Å². The summed E-state index contributed by atoms with van der Waals surface area (Å²) >= 11 is 12.3. The van der Waals surface area contributed by atoms with Crippen molar-refractivity contribution in [2.75, 3.05) is 19.7 Å². The summed E-state index contributed by atoms with van der Waals surface area (Å²) in [5.41, 5.74) is 0.998. The Morgan fingerprint density at radius 1 is 1.39 bits per heavy atom. The molecule has 122 valence electrons. The lowest BCUT2D eigenvalue weighted by Gasteiger charge is -2.32. The molecule has 3 rings (SSSR count). The standard InChI is InChI=1S/C15H14Cl2N2O4/c16-8-1-2-11-10(5-8)13(17)14(18-11)15(22)19-3-4-23-9(7-19)6-12(20)21/h1-2,5,9,18H,3-4,6-7H2,(H,20,21)/t9-/m1/s1. The minimum absolute atomic E-state index is 0.139. The van der Waals surface area contributed by atoms with Crippen LogP contribution in [-0.2, 0) is 9.53 Å². The van der Waals surface area contributed by atoms with Crippen LogP contribution in [0.5, 0.6) is 0 Å². The molecule has 0 bridgehead atoms. The number of hydrogen-bond acceptors (Lipinski definition) is 3. The molecule has 1 saturated heterocycles. The smallest absolute Gasteiger partial charge is 0.306 e. The van der Waals surface area contributed by atoms with Crippen molar-refractivity contribution in [1.29, 1.82) is 0 Å². The second-order valence-electron chi connectivity index (χ2n) is 5.35. The first-order chi connectivity index (χ1) is 11.0. The maximum atomic E-state index is 12.7. The van der Waals surface area contributed by atoms with E-state index in [0.717, 1.165) is 5.52 Å². The number of rotatable bonds is 3. The van der Waals surface area contributed by atoms with Gasteiger partial charge in [0, 0.05) is 29.0 Å². The van der Waals surface area contributed by atoms with Crippen LogP contribution in [0.25, 0.3) is 10.9 Å². The number of benzene rings is 1. The van der Waals surface area contributed by atoms with E-state index >= 15 is 0 Å². The number of morpholine rings is 1. The van der Waals surface area contributed by atoms with Gasteiger partial charge in [0.2, 0.25) is 0 Å². The molecule has 0 radical (unpaired) electrons. The summed E-state index contributed by atoms with van der Waals surface area (Å²) in [5.74, 6) is -1.23. The van der Waals surface area contributed by atoms with E-state index < -0.39 is 12.1 Å². The Bertz CT molecular complexity index is 774. The summed E-state index contributed by atoms with van der Waals surface area (Å²) in [6.45, 7) is 0.909. The van der Waals surface area contributed by atoms with Gasteiger partial charge in [-0.3, -0.25) is 9.59 Å². The average molecular weight is 357 g/mol. The van der Waals surface area contributed by atoms with Crippen molar-refractivity contribution in [2.45, 2.75) is 12.5 Å². The predicted molar refractivity (Wildman–Crippen MR) is 86.2 cm³/mol. The van der Waals surface area contributed by atoms with Gasteiger partial charge in [0.05, 0.1) is 24.2 Å². The van der Waals surface area contributed by atoms with Gasteiger partial charge >= 0.3 is 5.97 Å². The number of hydrogen-bond donors (Lipinski definition) is 2. The fraction of sp³-hybridized carbons (Fsp3) is 0.333. The number of H-pyrrole nitrogens is 1. The minimum Gasteiger partial charge on any atom is -0.481 e. The zero-order valence-corrected chi connectivity index (χ0v) is 13.5. The van der Waals surface area contributed by atoms with Crippen LogP contribution in [-0.4, -0.2) is 52.7 Å². The number of halogens is 2. The fourth-order valence-corrected chi connectivity index (χ4v) is 3.12.